The Balaban J connectivity index is 2.08. The molecular weight excluding hydrogens is 258 g/mol. The molecule has 0 aromatic carbocycles. The molecule has 0 radical (unpaired) electrons. The number of carboxylic acid groups (broad SMARTS) is 1. The molecular formula is C14H19N3O3. The van der Waals surface area contributed by atoms with Gasteiger partial charge in [-0.1, -0.05) is 19.3 Å². The van der Waals surface area contributed by atoms with E-state index in [-0.39, 0.29) is 0 Å². The number of amides is 1. The molecule has 4 N–H and O–H groups in total. The summed E-state index contributed by atoms with van der Waals surface area (Å²) in [7, 11) is 0. The lowest BCUT2D eigenvalue weighted by Crippen LogP contribution is -2.39. The van der Waals surface area contributed by atoms with Crippen LogP contribution in [0, 0.1) is 5.41 Å². The molecule has 1 aliphatic carbocycles. The molecule has 1 amide bonds. The highest BCUT2D eigenvalue weighted by molar-refractivity contribution is 5.93. The number of primary amides is 1. The lowest BCUT2D eigenvalue weighted by Gasteiger charge is -2.33. The van der Waals surface area contributed by atoms with E-state index in [1.807, 2.05) is 0 Å². The van der Waals surface area contributed by atoms with E-state index in [0.29, 0.717) is 30.8 Å². The first-order valence-electron chi connectivity index (χ1n) is 6.77. The van der Waals surface area contributed by atoms with Crippen molar-refractivity contribution in [3.05, 3.63) is 23.9 Å². The second-order valence-electron chi connectivity index (χ2n) is 5.29. The smallest absolute Gasteiger partial charge is 0.311 e. The van der Waals surface area contributed by atoms with Crippen LogP contribution in [-0.4, -0.2) is 28.5 Å². The number of anilines is 1. The summed E-state index contributed by atoms with van der Waals surface area (Å²) in [6, 6.07) is 3.07. The van der Waals surface area contributed by atoms with E-state index in [1.54, 1.807) is 6.07 Å². The average Bonchev–Trinajstić information content (AvgIpc) is 2.46. The Morgan fingerprint density at radius 2 is 2.05 bits per heavy atom. The number of carboxylic acids is 1. The molecule has 1 fully saturated rings. The summed E-state index contributed by atoms with van der Waals surface area (Å²) < 4.78 is 0. The molecule has 0 aliphatic heterocycles. The number of nitrogens with two attached hydrogens (primary N) is 1. The van der Waals surface area contributed by atoms with Gasteiger partial charge in [0, 0.05) is 18.3 Å². The number of carbonyl (C=O) groups is 2. The molecule has 2 rings (SSSR count). The van der Waals surface area contributed by atoms with E-state index in [0.717, 1.165) is 19.3 Å². The minimum Gasteiger partial charge on any atom is -0.481 e. The lowest BCUT2D eigenvalue weighted by molar-refractivity contribution is -0.150. The van der Waals surface area contributed by atoms with E-state index in [1.165, 1.54) is 12.3 Å². The van der Waals surface area contributed by atoms with E-state index in [9.17, 15) is 14.7 Å². The van der Waals surface area contributed by atoms with Crippen molar-refractivity contribution in [2.24, 2.45) is 11.1 Å². The second kappa shape index (κ2) is 5.90. The zero-order valence-corrected chi connectivity index (χ0v) is 11.3. The van der Waals surface area contributed by atoms with Gasteiger partial charge in [0.15, 0.2) is 0 Å². The molecule has 1 heterocycles. The molecule has 0 atom stereocenters. The molecule has 6 nitrogen and oxygen atoms in total. The van der Waals surface area contributed by atoms with Gasteiger partial charge in [0.05, 0.1) is 5.41 Å². The van der Waals surface area contributed by atoms with Gasteiger partial charge in [-0.15, -0.1) is 0 Å². The van der Waals surface area contributed by atoms with E-state index >= 15 is 0 Å². The number of aliphatic carboxylic acids is 1. The molecule has 0 bridgehead atoms. The van der Waals surface area contributed by atoms with Crippen LogP contribution in [0.15, 0.2) is 18.3 Å². The van der Waals surface area contributed by atoms with Crippen LogP contribution in [0.4, 0.5) is 5.82 Å². The Kier molecular flexibility index (Phi) is 4.22. The molecule has 1 aromatic rings. The van der Waals surface area contributed by atoms with Crippen molar-refractivity contribution in [2.75, 3.05) is 11.9 Å². The van der Waals surface area contributed by atoms with Crippen molar-refractivity contribution >= 4 is 17.7 Å². The maximum atomic E-state index is 11.5. The predicted molar refractivity (Wildman–Crippen MR) is 74.4 cm³/mol. The Morgan fingerprint density at radius 1 is 1.35 bits per heavy atom. The van der Waals surface area contributed by atoms with Crippen LogP contribution in [-0.2, 0) is 4.79 Å². The van der Waals surface area contributed by atoms with Crippen molar-refractivity contribution in [1.82, 2.24) is 4.98 Å². The average molecular weight is 277 g/mol. The quantitative estimate of drug-likeness (QED) is 0.758. The van der Waals surface area contributed by atoms with Crippen LogP contribution in [0.25, 0.3) is 0 Å². The Bertz CT molecular complexity index is 510. The van der Waals surface area contributed by atoms with Crippen LogP contribution in [0.2, 0.25) is 0 Å². The zero-order valence-electron chi connectivity index (χ0n) is 11.3. The van der Waals surface area contributed by atoms with Crippen LogP contribution in [0.1, 0.15) is 42.5 Å². The van der Waals surface area contributed by atoms with E-state index in [2.05, 4.69) is 10.3 Å². The van der Waals surface area contributed by atoms with Crippen LogP contribution >= 0.6 is 0 Å². The molecule has 6 heteroatoms. The van der Waals surface area contributed by atoms with Crippen LogP contribution in [0.5, 0.6) is 0 Å². The maximum Gasteiger partial charge on any atom is 0.311 e. The summed E-state index contributed by atoms with van der Waals surface area (Å²) in [5, 5.41) is 12.5. The van der Waals surface area contributed by atoms with Gasteiger partial charge in [-0.25, -0.2) is 4.98 Å². The number of hydrogen-bond donors (Lipinski definition) is 3. The van der Waals surface area contributed by atoms with Gasteiger partial charge < -0.3 is 16.2 Å². The summed E-state index contributed by atoms with van der Waals surface area (Å²) in [6.07, 6.45) is 5.78. The highest BCUT2D eigenvalue weighted by Crippen LogP contribution is 2.36. The predicted octanol–water partition coefficient (Wildman–Crippen LogP) is 1.63. The van der Waals surface area contributed by atoms with Gasteiger partial charge in [0.25, 0.3) is 0 Å². The van der Waals surface area contributed by atoms with Crippen molar-refractivity contribution < 1.29 is 14.7 Å². The molecule has 0 unspecified atom stereocenters. The van der Waals surface area contributed by atoms with Gasteiger partial charge in [0.2, 0.25) is 5.91 Å². The molecule has 1 aliphatic rings. The van der Waals surface area contributed by atoms with E-state index < -0.39 is 17.3 Å². The van der Waals surface area contributed by atoms with Gasteiger partial charge >= 0.3 is 5.97 Å². The second-order valence-corrected chi connectivity index (χ2v) is 5.29. The summed E-state index contributed by atoms with van der Waals surface area (Å²) in [6.45, 7) is 0.317. The molecule has 0 spiro atoms. The Morgan fingerprint density at radius 3 is 2.65 bits per heavy atom. The summed E-state index contributed by atoms with van der Waals surface area (Å²) in [5.41, 5.74) is 4.83. The fraction of sp³-hybridized carbons (Fsp3) is 0.500. The number of nitrogens with zero attached hydrogens (tertiary/aromatic N) is 1. The van der Waals surface area contributed by atoms with E-state index in [4.69, 9.17) is 5.73 Å². The SMILES string of the molecule is NC(=O)c1ccnc(NCC2(C(=O)O)CCCCC2)c1. The number of pyridine rings is 1. The molecule has 1 saturated carbocycles. The zero-order chi connectivity index (χ0) is 14.6. The standard InChI is InChI=1S/C14H19N3O3/c15-12(18)10-4-7-16-11(8-10)17-9-14(13(19)20)5-2-1-3-6-14/h4,7-8H,1-3,5-6,9H2,(H2,15,18)(H,16,17)(H,19,20). The van der Waals surface area contributed by atoms with Crippen LogP contribution in [0.3, 0.4) is 0 Å². The first-order chi connectivity index (χ1) is 9.53. The number of nitrogens with one attached hydrogen (secondary N) is 1. The minimum atomic E-state index is -0.768. The topological polar surface area (TPSA) is 105 Å². The fourth-order valence-electron chi connectivity index (χ4n) is 2.64. The van der Waals surface area contributed by atoms with Crippen molar-refractivity contribution in [2.45, 2.75) is 32.1 Å². The van der Waals surface area contributed by atoms with Crippen molar-refractivity contribution in [3.8, 4) is 0 Å². The normalized spacial score (nSPS) is 17.4. The molecule has 108 valence electrons. The van der Waals surface area contributed by atoms with Gasteiger partial charge in [-0.2, -0.15) is 0 Å². The first-order valence-corrected chi connectivity index (χ1v) is 6.77. The minimum absolute atomic E-state index is 0.317. The fourth-order valence-corrected chi connectivity index (χ4v) is 2.64. The third-order valence-corrected chi connectivity index (χ3v) is 3.92. The van der Waals surface area contributed by atoms with Gasteiger partial charge in [-0.05, 0) is 25.0 Å². The monoisotopic (exact) mass is 277 g/mol. The summed E-state index contributed by atoms with van der Waals surface area (Å²) in [4.78, 5) is 26.7. The van der Waals surface area contributed by atoms with Gasteiger partial charge in [0.1, 0.15) is 5.82 Å². The summed E-state index contributed by atoms with van der Waals surface area (Å²) in [5.74, 6) is -0.815. The molecule has 1 aromatic heterocycles. The summed E-state index contributed by atoms with van der Waals surface area (Å²) >= 11 is 0. The Hall–Kier alpha value is -2.11. The third-order valence-electron chi connectivity index (χ3n) is 3.92. The molecule has 20 heavy (non-hydrogen) atoms. The number of hydrogen-bond acceptors (Lipinski definition) is 4. The van der Waals surface area contributed by atoms with Crippen LogP contribution < -0.4 is 11.1 Å². The Labute approximate surface area is 117 Å². The third kappa shape index (κ3) is 3.07. The maximum absolute atomic E-state index is 11.5. The number of aromatic nitrogens is 1. The highest BCUT2D eigenvalue weighted by atomic mass is 16.4. The van der Waals surface area contributed by atoms with Gasteiger partial charge in [-0.3, -0.25) is 9.59 Å². The molecule has 0 saturated heterocycles. The lowest BCUT2D eigenvalue weighted by atomic mass is 9.74. The van der Waals surface area contributed by atoms with Crippen molar-refractivity contribution in [1.29, 1.82) is 0 Å². The number of rotatable bonds is 5. The van der Waals surface area contributed by atoms with Crippen molar-refractivity contribution in [3.63, 3.8) is 0 Å². The number of carbonyl (C=O) groups excluding carboxylic acids is 1. The first kappa shape index (κ1) is 14.3. The largest absolute Gasteiger partial charge is 0.481 e. The highest BCUT2D eigenvalue weighted by Gasteiger charge is 2.39.